The molecular weight excluding hydrogens is 424 g/mol. The number of para-hydroxylation sites is 1. The van der Waals surface area contributed by atoms with E-state index in [-0.39, 0.29) is 6.04 Å². The summed E-state index contributed by atoms with van der Waals surface area (Å²) < 4.78 is 34.8. The van der Waals surface area contributed by atoms with E-state index >= 15 is 0 Å². The van der Waals surface area contributed by atoms with Crippen LogP contribution in [0.4, 0.5) is 0 Å². The summed E-state index contributed by atoms with van der Waals surface area (Å²) in [6.07, 6.45) is 1.80. The predicted octanol–water partition coefficient (Wildman–Crippen LogP) is 4.95. The molecule has 8 nitrogen and oxygen atoms in total. The molecule has 2 atom stereocenters. The Labute approximate surface area is 192 Å². The van der Waals surface area contributed by atoms with Crippen LogP contribution in [0.1, 0.15) is 42.5 Å². The third-order valence-corrected chi connectivity index (χ3v) is 5.86. The zero-order valence-corrected chi connectivity index (χ0v) is 19.0. The van der Waals surface area contributed by atoms with E-state index in [0.29, 0.717) is 36.0 Å². The monoisotopic (exact) mass is 450 g/mol. The molecule has 33 heavy (non-hydrogen) atoms. The van der Waals surface area contributed by atoms with E-state index in [9.17, 15) is 0 Å². The maximum Gasteiger partial charge on any atom is 0.214 e. The van der Waals surface area contributed by atoms with Gasteiger partial charge >= 0.3 is 0 Å². The van der Waals surface area contributed by atoms with Gasteiger partial charge in [-0.2, -0.15) is 5.10 Å². The third kappa shape index (κ3) is 3.51. The first kappa shape index (κ1) is 21.1. The molecule has 0 radical (unpaired) electrons. The van der Waals surface area contributed by atoms with Crippen molar-refractivity contribution in [1.29, 1.82) is 0 Å². The van der Waals surface area contributed by atoms with Crippen molar-refractivity contribution >= 4 is 5.71 Å². The molecule has 0 amide bonds. The highest BCUT2D eigenvalue weighted by atomic mass is 16.5. The van der Waals surface area contributed by atoms with Crippen molar-refractivity contribution in [2.24, 2.45) is 5.10 Å². The van der Waals surface area contributed by atoms with E-state index in [2.05, 4.69) is 6.07 Å². The van der Waals surface area contributed by atoms with Gasteiger partial charge in [-0.25, -0.2) is 5.01 Å². The maximum absolute atomic E-state index is 6.57. The molecule has 0 saturated heterocycles. The van der Waals surface area contributed by atoms with Crippen molar-refractivity contribution in [2.75, 3.05) is 27.9 Å². The summed E-state index contributed by atoms with van der Waals surface area (Å²) in [4.78, 5) is 0. The molecule has 3 aromatic rings. The van der Waals surface area contributed by atoms with Crippen LogP contribution in [0.15, 0.2) is 58.2 Å². The van der Waals surface area contributed by atoms with Gasteiger partial charge in [0.05, 0.1) is 40.2 Å². The smallest absolute Gasteiger partial charge is 0.214 e. The van der Waals surface area contributed by atoms with Gasteiger partial charge in [0.1, 0.15) is 11.5 Å². The van der Waals surface area contributed by atoms with Crippen molar-refractivity contribution in [1.82, 2.24) is 5.01 Å². The van der Waals surface area contributed by atoms with Gasteiger partial charge in [0.2, 0.25) is 12.0 Å². The van der Waals surface area contributed by atoms with Crippen LogP contribution in [0.25, 0.3) is 0 Å². The molecule has 0 spiro atoms. The van der Waals surface area contributed by atoms with Gasteiger partial charge in [0.25, 0.3) is 0 Å². The minimum atomic E-state index is -0.537. The molecule has 0 N–H and O–H groups in total. The molecule has 0 aliphatic carbocycles. The fourth-order valence-corrected chi connectivity index (χ4v) is 4.41. The largest absolute Gasteiger partial charge is 0.493 e. The number of hydrazone groups is 1. The molecule has 2 aromatic carbocycles. The number of fused-ring (bicyclic) bond motifs is 3. The third-order valence-electron chi connectivity index (χ3n) is 5.86. The summed E-state index contributed by atoms with van der Waals surface area (Å²) in [6, 6.07) is 13.5. The van der Waals surface area contributed by atoms with Crippen molar-refractivity contribution in [3.05, 3.63) is 65.6 Å². The summed E-state index contributed by atoms with van der Waals surface area (Å²) in [7, 11) is 4.77. The minimum Gasteiger partial charge on any atom is -0.493 e. The molecular formula is C25H26N2O6. The molecule has 1 aromatic heterocycles. The Balaban J connectivity index is 1.65. The molecule has 2 aliphatic rings. The average Bonchev–Trinajstić information content (AvgIpc) is 3.53. The van der Waals surface area contributed by atoms with Gasteiger partial charge in [-0.15, -0.1) is 0 Å². The molecule has 2 aliphatic heterocycles. The lowest BCUT2D eigenvalue weighted by Crippen LogP contribution is -2.34. The number of ether oxygens (including phenoxy) is 5. The Bertz CT molecular complexity index is 1150. The molecule has 8 heteroatoms. The van der Waals surface area contributed by atoms with Gasteiger partial charge in [0.15, 0.2) is 23.0 Å². The highest BCUT2D eigenvalue weighted by Crippen LogP contribution is 2.52. The summed E-state index contributed by atoms with van der Waals surface area (Å²) in [5.41, 5.74) is 2.70. The number of hydrogen-bond donors (Lipinski definition) is 0. The fraction of sp³-hybridized carbons (Fsp3) is 0.320. The molecule has 5 rings (SSSR count). The maximum atomic E-state index is 6.57. The molecule has 172 valence electrons. The van der Waals surface area contributed by atoms with Crippen molar-refractivity contribution in [3.63, 3.8) is 0 Å². The van der Waals surface area contributed by atoms with E-state index in [0.717, 1.165) is 28.3 Å². The van der Waals surface area contributed by atoms with Crippen LogP contribution in [0.2, 0.25) is 0 Å². The molecule has 0 fully saturated rings. The minimum absolute atomic E-state index is 0.0432. The van der Waals surface area contributed by atoms with E-state index in [1.54, 1.807) is 27.6 Å². The zero-order chi connectivity index (χ0) is 22.9. The summed E-state index contributed by atoms with van der Waals surface area (Å²) in [6.45, 7) is 2.50. The van der Waals surface area contributed by atoms with E-state index in [1.807, 2.05) is 48.3 Å². The van der Waals surface area contributed by atoms with Gasteiger partial charge in [-0.3, -0.25) is 0 Å². The lowest BCUT2D eigenvalue weighted by atomic mass is 9.97. The first-order valence-electron chi connectivity index (χ1n) is 10.8. The Morgan fingerprint density at radius 3 is 2.42 bits per heavy atom. The number of hydrogen-bond acceptors (Lipinski definition) is 8. The van der Waals surface area contributed by atoms with Gasteiger partial charge in [-0.1, -0.05) is 12.1 Å². The lowest BCUT2D eigenvalue weighted by Gasteiger charge is -2.39. The van der Waals surface area contributed by atoms with Crippen LogP contribution in [-0.4, -0.2) is 38.7 Å². The number of furan rings is 1. The molecule has 3 heterocycles. The topological polar surface area (TPSA) is 74.9 Å². The zero-order valence-electron chi connectivity index (χ0n) is 19.0. The van der Waals surface area contributed by atoms with E-state index in [4.69, 9.17) is 33.2 Å². The van der Waals surface area contributed by atoms with E-state index in [1.165, 1.54) is 0 Å². The summed E-state index contributed by atoms with van der Waals surface area (Å²) in [5, 5.41) is 6.88. The quantitative estimate of drug-likeness (QED) is 0.504. The number of benzene rings is 2. The molecule has 0 saturated carbocycles. The molecule has 0 unspecified atom stereocenters. The number of methoxy groups -OCH3 is 3. The van der Waals surface area contributed by atoms with Crippen LogP contribution in [-0.2, 0) is 0 Å². The summed E-state index contributed by atoms with van der Waals surface area (Å²) >= 11 is 0. The van der Waals surface area contributed by atoms with Crippen LogP contribution < -0.4 is 23.7 Å². The number of rotatable bonds is 7. The predicted molar refractivity (Wildman–Crippen MR) is 122 cm³/mol. The van der Waals surface area contributed by atoms with Gasteiger partial charge in [0, 0.05) is 17.5 Å². The van der Waals surface area contributed by atoms with Crippen molar-refractivity contribution < 1.29 is 28.1 Å². The highest BCUT2D eigenvalue weighted by molar-refractivity contribution is 5.99. The van der Waals surface area contributed by atoms with Crippen molar-refractivity contribution in [2.45, 2.75) is 25.6 Å². The van der Waals surface area contributed by atoms with Crippen LogP contribution in [0, 0.1) is 0 Å². The van der Waals surface area contributed by atoms with Gasteiger partial charge in [-0.05, 0) is 37.3 Å². The normalized spacial score (nSPS) is 18.7. The highest BCUT2D eigenvalue weighted by Gasteiger charge is 2.43. The summed E-state index contributed by atoms with van der Waals surface area (Å²) in [5.74, 6) is 3.78. The molecule has 0 bridgehead atoms. The van der Waals surface area contributed by atoms with E-state index < -0.39 is 6.23 Å². The second-order valence-electron chi connectivity index (χ2n) is 7.66. The first-order valence-corrected chi connectivity index (χ1v) is 10.8. The first-order chi connectivity index (χ1) is 16.2. The lowest BCUT2D eigenvalue weighted by molar-refractivity contribution is -0.0214. The Kier molecular flexibility index (Phi) is 5.50. The average molecular weight is 450 g/mol. The Morgan fingerprint density at radius 1 is 1.00 bits per heavy atom. The van der Waals surface area contributed by atoms with Crippen LogP contribution in [0.5, 0.6) is 28.7 Å². The van der Waals surface area contributed by atoms with Gasteiger partial charge < -0.3 is 28.1 Å². The van der Waals surface area contributed by atoms with Crippen LogP contribution in [0.3, 0.4) is 0 Å². The van der Waals surface area contributed by atoms with Crippen LogP contribution >= 0.6 is 0 Å². The fourth-order valence-electron chi connectivity index (χ4n) is 4.41. The number of nitrogens with zero attached hydrogens (tertiary/aromatic N) is 2. The standard InChI is InChI=1S/C25H26N2O6/c1-5-31-20-9-6-8-16-18-14-17(19-10-7-11-32-19)26-27(18)25(33-23(16)20)15-12-21(28-2)24(30-4)22(13-15)29-3/h6-13,18,25H,5,14H2,1-4H3/t18-,25-/m1/s1. The second-order valence-corrected chi connectivity index (χ2v) is 7.66. The SMILES string of the molecule is CCOc1cccc2c1O[C@H](c1cc(OC)c(OC)c(OC)c1)N1N=C(c3ccco3)C[C@H]21. The Morgan fingerprint density at radius 2 is 1.79 bits per heavy atom. The Hall–Kier alpha value is -3.81. The van der Waals surface area contributed by atoms with Crippen molar-refractivity contribution in [3.8, 4) is 28.7 Å². The second kappa shape index (κ2) is 8.61.